The van der Waals surface area contributed by atoms with Gasteiger partial charge >= 0.3 is 0 Å². The fraction of sp³-hybridized carbons (Fsp3) is 0.400. The fourth-order valence-electron chi connectivity index (χ4n) is 1.79. The zero-order valence-corrected chi connectivity index (χ0v) is 11.5. The van der Waals surface area contributed by atoms with Gasteiger partial charge in [-0.1, -0.05) is 6.07 Å². The molecule has 1 aliphatic carbocycles. The van der Waals surface area contributed by atoms with Gasteiger partial charge in [-0.15, -0.1) is 0 Å². The summed E-state index contributed by atoms with van der Waals surface area (Å²) >= 11 is 0. The third kappa shape index (κ3) is 3.50. The first-order chi connectivity index (χ1) is 9.13. The van der Waals surface area contributed by atoms with Gasteiger partial charge in [0.1, 0.15) is 0 Å². The van der Waals surface area contributed by atoms with E-state index in [2.05, 4.69) is 5.32 Å². The second-order valence-electron chi connectivity index (χ2n) is 4.69. The summed E-state index contributed by atoms with van der Waals surface area (Å²) in [4.78, 5) is 11.8. The molecular formula is C15H19NO3. The molecule has 0 radical (unpaired) electrons. The Labute approximate surface area is 113 Å². The lowest BCUT2D eigenvalue weighted by molar-refractivity contribution is -0.117. The van der Waals surface area contributed by atoms with Gasteiger partial charge in [0.2, 0.25) is 5.91 Å². The summed E-state index contributed by atoms with van der Waals surface area (Å²) in [6.07, 6.45) is 4.03. The van der Waals surface area contributed by atoms with Gasteiger partial charge in [0.15, 0.2) is 11.5 Å². The van der Waals surface area contributed by atoms with Crippen LogP contribution in [0.15, 0.2) is 23.8 Å². The van der Waals surface area contributed by atoms with Crippen LogP contribution in [-0.2, 0) is 4.79 Å². The summed E-state index contributed by atoms with van der Waals surface area (Å²) in [5, 5.41) is 2.96. The molecule has 1 aromatic carbocycles. The minimum Gasteiger partial charge on any atom is -0.493 e. The molecule has 0 saturated heterocycles. The van der Waals surface area contributed by atoms with Crippen LogP contribution in [0, 0.1) is 0 Å². The van der Waals surface area contributed by atoms with Gasteiger partial charge in [-0.25, -0.2) is 0 Å². The molecule has 19 heavy (non-hydrogen) atoms. The maximum Gasteiger partial charge on any atom is 0.247 e. The molecule has 1 fully saturated rings. The van der Waals surface area contributed by atoms with Gasteiger partial charge in [0.25, 0.3) is 0 Å². The number of hydrogen-bond acceptors (Lipinski definition) is 3. The molecule has 0 aliphatic heterocycles. The lowest BCUT2D eigenvalue weighted by Crippen LogP contribution is -2.25. The monoisotopic (exact) mass is 261 g/mol. The van der Waals surface area contributed by atoms with Crippen LogP contribution in [0.1, 0.15) is 25.3 Å². The first-order valence-electron chi connectivity index (χ1n) is 6.35. The number of ether oxygens (including phenoxy) is 2. The molecule has 1 aliphatic rings. The Kier molecular flexibility index (Phi) is 4.10. The number of benzene rings is 1. The molecular weight excluding hydrogens is 242 g/mol. The standard InChI is InChI=1S/C15H19NO3/c1-10(15(17)16-12-5-6-12)8-11-4-7-13(18-2)14(9-11)19-3/h4,7-9,12H,5-6H2,1-3H3,(H,16,17)/b10-8+. The number of carbonyl (C=O) groups is 1. The molecule has 0 atom stereocenters. The Morgan fingerprint density at radius 2 is 1.95 bits per heavy atom. The summed E-state index contributed by atoms with van der Waals surface area (Å²) in [6.45, 7) is 1.81. The highest BCUT2D eigenvalue weighted by atomic mass is 16.5. The summed E-state index contributed by atoms with van der Waals surface area (Å²) in [5.74, 6) is 1.34. The van der Waals surface area contributed by atoms with Crippen LogP contribution in [0.4, 0.5) is 0 Å². The zero-order valence-electron chi connectivity index (χ0n) is 11.5. The predicted molar refractivity (Wildman–Crippen MR) is 74.4 cm³/mol. The zero-order chi connectivity index (χ0) is 13.8. The van der Waals surface area contributed by atoms with Crippen molar-refractivity contribution in [3.8, 4) is 11.5 Å². The first kappa shape index (κ1) is 13.5. The van der Waals surface area contributed by atoms with Crippen LogP contribution in [0.3, 0.4) is 0 Å². The van der Waals surface area contributed by atoms with E-state index in [1.165, 1.54) is 0 Å². The van der Waals surface area contributed by atoms with E-state index in [4.69, 9.17) is 9.47 Å². The molecule has 1 saturated carbocycles. The molecule has 4 nitrogen and oxygen atoms in total. The van der Waals surface area contributed by atoms with Gasteiger partial charge in [-0.3, -0.25) is 4.79 Å². The first-order valence-corrected chi connectivity index (χ1v) is 6.35. The highest BCUT2D eigenvalue weighted by Crippen LogP contribution is 2.28. The van der Waals surface area contributed by atoms with Crippen molar-refractivity contribution in [3.05, 3.63) is 29.3 Å². The van der Waals surface area contributed by atoms with Gasteiger partial charge in [0, 0.05) is 11.6 Å². The second kappa shape index (κ2) is 5.78. The Morgan fingerprint density at radius 3 is 2.53 bits per heavy atom. The Morgan fingerprint density at radius 1 is 1.26 bits per heavy atom. The number of hydrogen-bond donors (Lipinski definition) is 1. The van der Waals surface area contributed by atoms with Crippen molar-refractivity contribution in [3.63, 3.8) is 0 Å². The Hall–Kier alpha value is -1.97. The van der Waals surface area contributed by atoms with E-state index in [-0.39, 0.29) is 5.91 Å². The lowest BCUT2D eigenvalue weighted by Gasteiger charge is -2.08. The molecule has 2 rings (SSSR count). The number of rotatable bonds is 5. The van der Waals surface area contributed by atoms with Crippen molar-refractivity contribution < 1.29 is 14.3 Å². The van der Waals surface area contributed by atoms with Gasteiger partial charge < -0.3 is 14.8 Å². The van der Waals surface area contributed by atoms with Crippen molar-refractivity contribution in [2.24, 2.45) is 0 Å². The van der Waals surface area contributed by atoms with Gasteiger partial charge in [-0.2, -0.15) is 0 Å². The molecule has 0 spiro atoms. The van der Waals surface area contributed by atoms with Crippen molar-refractivity contribution in [1.29, 1.82) is 0 Å². The smallest absolute Gasteiger partial charge is 0.247 e. The molecule has 102 valence electrons. The fourth-order valence-corrected chi connectivity index (χ4v) is 1.79. The van der Waals surface area contributed by atoms with E-state index in [1.54, 1.807) is 14.2 Å². The topological polar surface area (TPSA) is 47.6 Å². The molecule has 1 aromatic rings. The van der Waals surface area contributed by atoms with Gasteiger partial charge in [0.05, 0.1) is 14.2 Å². The average molecular weight is 261 g/mol. The third-order valence-electron chi connectivity index (χ3n) is 3.06. The molecule has 1 N–H and O–H groups in total. The van der Waals surface area contributed by atoms with E-state index < -0.39 is 0 Å². The van der Waals surface area contributed by atoms with Crippen LogP contribution >= 0.6 is 0 Å². The maximum atomic E-state index is 11.8. The molecule has 1 amide bonds. The molecule has 0 heterocycles. The Balaban J connectivity index is 2.14. The van der Waals surface area contributed by atoms with Crippen LogP contribution in [-0.4, -0.2) is 26.2 Å². The highest BCUT2D eigenvalue weighted by molar-refractivity contribution is 5.97. The van der Waals surface area contributed by atoms with Crippen molar-refractivity contribution in [2.45, 2.75) is 25.8 Å². The van der Waals surface area contributed by atoms with Crippen LogP contribution in [0.25, 0.3) is 6.08 Å². The van der Waals surface area contributed by atoms with E-state index in [1.807, 2.05) is 31.2 Å². The van der Waals surface area contributed by atoms with Gasteiger partial charge in [-0.05, 0) is 43.5 Å². The number of nitrogens with one attached hydrogen (secondary N) is 1. The minimum atomic E-state index is -0.00251. The number of carbonyl (C=O) groups excluding carboxylic acids is 1. The summed E-state index contributed by atoms with van der Waals surface area (Å²) < 4.78 is 10.4. The van der Waals surface area contributed by atoms with E-state index in [0.29, 0.717) is 23.1 Å². The molecule has 0 unspecified atom stereocenters. The third-order valence-corrected chi connectivity index (χ3v) is 3.06. The van der Waals surface area contributed by atoms with E-state index in [0.717, 1.165) is 18.4 Å². The van der Waals surface area contributed by atoms with E-state index >= 15 is 0 Å². The summed E-state index contributed by atoms with van der Waals surface area (Å²) in [6, 6.07) is 5.96. The SMILES string of the molecule is COc1ccc(/C=C(\C)C(=O)NC2CC2)cc1OC. The van der Waals surface area contributed by atoms with Crippen LogP contribution < -0.4 is 14.8 Å². The van der Waals surface area contributed by atoms with Crippen LogP contribution in [0.2, 0.25) is 0 Å². The van der Waals surface area contributed by atoms with E-state index in [9.17, 15) is 4.79 Å². The quantitative estimate of drug-likeness (QED) is 0.828. The normalized spacial score (nSPS) is 15.0. The molecule has 4 heteroatoms. The summed E-state index contributed by atoms with van der Waals surface area (Å²) in [7, 11) is 3.19. The largest absolute Gasteiger partial charge is 0.493 e. The van der Waals surface area contributed by atoms with Crippen LogP contribution in [0.5, 0.6) is 11.5 Å². The minimum absolute atomic E-state index is 0.00251. The maximum absolute atomic E-state index is 11.8. The molecule has 0 aromatic heterocycles. The predicted octanol–water partition coefficient (Wildman–Crippen LogP) is 2.39. The number of amides is 1. The van der Waals surface area contributed by atoms with Crippen molar-refractivity contribution in [2.75, 3.05) is 14.2 Å². The van der Waals surface area contributed by atoms with Crippen molar-refractivity contribution >= 4 is 12.0 Å². The number of methoxy groups -OCH3 is 2. The summed E-state index contributed by atoms with van der Waals surface area (Å²) in [5.41, 5.74) is 1.61. The second-order valence-corrected chi connectivity index (χ2v) is 4.69. The van der Waals surface area contributed by atoms with Crippen molar-refractivity contribution in [1.82, 2.24) is 5.32 Å². The highest BCUT2D eigenvalue weighted by Gasteiger charge is 2.23. The lowest BCUT2D eigenvalue weighted by atomic mass is 10.1. The Bertz CT molecular complexity index is 504. The molecule has 0 bridgehead atoms. The average Bonchev–Trinajstić information content (AvgIpc) is 3.22.